The molecule has 2 N–H and O–H groups in total. The standard InChI is InChI=1S/C17H20N4O2/c22-17(20-14-7-12-5-6-21(9-12)10-14)13-1-3-15(4-2-13)23-16-8-18-11-19-16/h1-4,8,11-12,14H,5-7,9-10H2,(H,18,19)(H,20,22)/t12-,14+/m0/s1. The second kappa shape index (κ2) is 6.04. The van der Waals surface area contributed by atoms with Crippen LogP contribution in [-0.4, -0.2) is 46.5 Å². The van der Waals surface area contributed by atoms with E-state index in [0.717, 1.165) is 18.9 Å². The lowest BCUT2D eigenvalue weighted by molar-refractivity contribution is 0.0909. The van der Waals surface area contributed by atoms with Crippen LogP contribution in [0.3, 0.4) is 0 Å². The van der Waals surface area contributed by atoms with Gasteiger partial charge in [0, 0.05) is 24.7 Å². The zero-order chi connectivity index (χ0) is 15.6. The van der Waals surface area contributed by atoms with Gasteiger partial charge < -0.3 is 19.9 Å². The molecule has 1 aromatic carbocycles. The Balaban J connectivity index is 1.36. The Morgan fingerprint density at radius 2 is 2.17 bits per heavy atom. The molecule has 2 aromatic rings. The number of carbonyl (C=O) groups excluding carboxylic acids is 1. The molecule has 2 aliphatic rings. The summed E-state index contributed by atoms with van der Waals surface area (Å²) in [4.78, 5) is 21.6. The van der Waals surface area contributed by atoms with Gasteiger partial charge in [-0.1, -0.05) is 0 Å². The van der Waals surface area contributed by atoms with Crippen molar-refractivity contribution in [3.8, 4) is 11.6 Å². The number of imidazole rings is 1. The summed E-state index contributed by atoms with van der Waals surface area (Å²) in [6, 6.07) is 7.44. The van der Waals surface area contributed by atoms with Crippen LogP contribution in [-0.2, 0) is 0 Å². The highest BCUT2D eigenvalue weighted by Gasteiger charge is 2.32. The summed E-state index contributed by atoms with van der Waals surface area (Å²) >= 11 is 0. The quantitative estimate of drug-likeness (QED) is 0.906. The van der Waals surface area contributed by atoms with Crippen LogP contribution in [0.1, 0.15) is 23.2 Å². The molecule has 0 saturated carbocycles. The molecular formula is C17H20N4O2. The molecular weight excluding hydrogens is 292 g/mol. The summed E-state index contributed by atoms with van der Waals surface area (Å²) in [5.74, 6) is 1.99. The molecule has 6 heteroatoms. The maximum absolute atomic E-state index is 12.4. The minimum absolute atomic E-state index is 0.00871. The second-order valence-corrected chi connectivity index (χ2v) is 6.36. The van der Waals surface area contributed by atoms with E-state index in [1.165, 1.54) is 19.5 Å². The Morgan fingerprint density at radius 1 is 1.30 bits per heavy atom. The number of amides is 1. The molecule has 4 rings (SSSR count). The van der Waals surface area contributed by atoms with Crippen LogP contribution in [0.25, 0.3) is 0 Å². The van der Waals surface area contributed by atoms with Gasteiger partial charge in [-0.05, 0) is 49.6 Å². The first-order valence-electron chi connectivity index (χ1n) is 8.06. The molecule has 1 amide bonds. The highest BCUT2D eigenvalue weighted by molar-refractivity contribution is 5.94. The summed E-state index contributed by atoms with van der Waals surface area (Å²) in [6.45, 7) is 3.35. The van der Waals surface area contributed by atoms with Gasteiger partial charge in [-0.3, -0.25) is 4.79 Å². The SMILES string of the molecule is O=C(N[C@@H]1C[C@@H]2CCN(C2)C1)c1ccc(Oc2cnc[nH]2)cc1. The number of ether oxygens (including phenoxy) is 1. The Morgan fingerprint density at radius 3 is 2.91 bits per heavy atom. The van der Waals surface area contributed by atoms with Crippen LogP contribution < -0.4 is 10.1 Å². The predicted octanol–water partition coefficient (Wildman–Crippen LogP) is 2.03. The zero-order valence-corrected chi connectivity index (χ0v) is 12.9. The van der Waals surface area contributed by atoms with Gasteiger partial charge in [-0.15, -0.1) is 0 Å². The number of aromatic nitrogens is 2. The second-order valence-electron chi connectivity index (χ2n) is 6.36. The third-order valence-electron chi connectivity index (χ3n) is 4.62. The number of aromatic amines is 1. The van der Waals surface area contributed by atoms with Crippen molar-refractivity contribution in [2.45, 2.75) is 18.9 Å². The highest BCUT2D eigenvalue weighted by Crippen LogP contribution is 2.27. The smallest absolute Gasteiger partial charge is 0.251 e. The molecule has 120 valence electrons. The molecule has 3 atom stereocenters. The lowest BCUT2D eigenvalue weighted by Gasteiger charge is -2.30. The summed E-state index contributed by atoms with van der Waals surface area (Å²) in [5.41, 5.74) is 0.662. The van der Waals surface area contributed by atoms with Gasteiger partial charge in [0.1, 0.15) is 5.75 Å². The summed E-state index contributed by atoms with van der Waals surface area (Å²) < 4.78 is 5.58. The van der Waals surface area contributed by atoms with E-state index in [1.807, 2.05) is 0 Å². The van der Waals surface area contributed by atoms with E-state index in [2.05, 4.69) is 20.2 Å². The van der Waals surface area contributed by atoms with Crippen molar-refractivity contribution in [1.29, 1.82) is 0 Å². The van der Waals surface area contributed by atoms with Crippen molar-refractivity contribution in [2.75, 3.05) is 19.6 Å². The normalized spacial score (nSPS) is 26.0. The Labute approximate surface area is 134 Å². The van der Waals surface area contributed by atoms with Crippen LogP contribution in [0.2, 0.25) is 0 Å². The summed E-state index contributed by atoms with van der Waals surface area (Å²) in [6.07, 6.45) is 5.53. The maximum Gasteiger partial charge on any atom is 0.251 e. The van der Waals surface area contributed by atoms with E-state index >= 15 is 0 Å². The van der Waals surface area contributed by atoms with Crippen LogP contribution in [0, 0.1) is 5.92 Å². The molecule has 1 unspecified atom stereocenters. The molecule has 6 nitrogen and oxygen atoms in total. The Kier molecular flexibility index (Phi) is 3.75. The molecule has 1 aromatic heterocycles. The van der Waals surface area contributed by atoms with Crippen LogP contribution >= 0.6 is 0 Å². The van der Waals surface area contributed by atoms with Gasteiger partial charge in [0.15, 0.2) is 0 Å². The number of nitrogens with one attached hydrogen (secondary N) is 2. The van der Waals surface area contributed by atoms with Crippen molar-refractivity contribution in [3.63, 3.8) is 0 Å². The fourth-order valence-electron chi connectivity index (χ4n) is 3.53. The van der Waals surface area contributed by atoms with E-state index in [9.17, 15) is 4.79 Å². The van der Waals surface area contributed by atoms with Crippen molar-refractivity contribution in [1.82, 2.24) is 20.2 Å². The molecule has 2 fully saturated rings. The fraction of sp³-hybridized carbons (Fsp3) is 0.412. The van der Waals surface area contributed by atoms with Gasteiger partial charge >= 0.3 is 0 Å². The molecule has 2 bridgehead atoms. The minimum atomic E-state index is -0.00871. The lowest BCUT2D eigenvalue weighted by atomic mass is 9.96. The fourth-order valence-corrected chi connectivity index (χ4v) is 3.53. The topological polar surface area (TPSA) is 70.2 Å². The first kappa shape index (κ1) is 14.3. The average Bonchev–Trinajstić information content (AvgIpc) is 3.18. The minimum Gasteiger partial charge on any atom is -0.439 e. The van der Waals surface area contributed by atoms with Crippen LogP contribution in [0.15, 0.2) is 36.8 Å². The molecule has 2 aliphatic heterocycles. The van der Waals surface area contributed by atoms with E-state index in [-0.39, 0.29) is 11.9 Å². The molecule has 0 spiro atoms. The number of nitrogens with zero attached hydrogens (tertiary/aromatic N) is 2. The summed E-state index contributed by atoms with van der Waals surface area (Å²) in [5, 5.41) is 3.16. The first-order chi connectivity index (χ1) is 11.3. The van der Waals surface area contributed by atoms with E-state index in [0.29, 0.717) is 17.2 Å². The lowest BCUT2D eigenvalue weighted by Crippen LogP contribution is -2.46. The molecule has 3 heterocycles. The Hall–Kier alpha value is -2.34. The zero-order valence-electron chi connectivity index (χ0n) is 12.9. The number of piperidine rings is 1. The molecule has 0 aliphatic carbocycles. The average molecular weight is 312 g/mol. The maximum atomic E-state index is 12.4. The third kappa shape index (κ3) is 3.22. The van der Waals surface area contributed by atoms with Gasteiger partial charge in [0.2, 0.25) is 5.88 Å². The number of carbonyl (C=O) groups is 1. The predicted molar refractivity (Wildman–Crippen MR) is 85.5 cm³/mol. The van der Waals surface area contributed by atoms with Gasteiger partial charge in [0.25, 0.3) is 5.91 Å². The Bertz CT molecular complexity index is 656. The molecule has 23 heavy (non-hydrogen) atoms. The third-order valence-corrected chi connectivity index (χ3v) is 4.62. The van der Waals surface area contributed by atoms with Gasteiger partial charge in [0.05, 0.1) is 12.5 Å². The summed E-state index contributed by atoms with van der Waals surface area (Å²) in [7, 11) is 0. The number of H-pyrrole nitrogens is 1. The molecule has 0 radical (unpaired) electrons. The first-order valence-corrected chi connectivity index (χ1v) is 8.06. The van der Waals surface area contributed by atoms with Crippen molar-refractivity contribution < 1.29 is 9.53 Å². The number of hydrogen-bond acceptors (Lipinski definition) is 4. The van der Waals surface area contributed by atoms with Crippen LogP contribution in [0.4, 0.5) is 0 Å². The monoisotopic (exact) mass is 312 g/mol. The largest absolute Gasteiger partial charge is 0.439 e. The van der Waals surface area contributed by atoms with E-state index < -0.39 is 0 Å². The number of rotatable bonds is 4. The van der Waals surface area contributed by atoms with Crippen LogP contribution in [0.5, 0.6) is 11.6 Å². The molecule has 2 saturated heterocycles. The number of fused-ring (bicyclic) bond motifs is 2. The van der Waals surface area contributed by atoms with Crippen molar-refractivity contribution >= 4 is 5.91 Å². The van der Waals surface area contributed by atoms with E-state index in [1.54, 1.807) is 36.8 Å². The number of hydrogen-bond donors (Lipinski definition) is 2. The highest BCUT2D eigenvalue weighted by atomic mass is 16.5. The van der Waals surface area contributed by atoms with E-state index in [4.69, 9.17) is 4.74 Å². The van der Waals surface area contributed by atoms with Gasteiger partial charge in [-0.2, -0.15) is 0 Å². The van der Waals surface area contributed by atoms with Crippen molar-refractivity contribution in [2.24, 2.45) is 5.92 Å². The van der Waals surface area contributed by atoms with Gasteiger partial charge in [-0.25, -0.2) is 4.98 Å². The number of benzene rings is 1. The van der Waals surface area contributed by atoms with Crippen molar-refractivity contribution in [3.05, 3.63) is 42.4 Å².